The molecule has 1 aromatic rings. The molecule has 1 aliphatic rings. The lowest BCUT2D eigenvalue weighted by Gasteiger charge is -2.18. The van der Waals surface area contributed by atoms with Gasteiger partial charge in [-0.3, -0.25) is 4.79 Å². The minimum absolute atomic E-state index is 0.00923. The van der Waals surface area contributed by atoms with Crippen LogP contribution in [0.1, 0.15) is 0 Å². The fourth-order valence-electron chi connectivity index (χ4n) is 1.49. The minimum atomic E-state index is -3.71. The highest BCUT2D eigenvalue weighted by atomic mass is 35.5. The van der Waals surface area contributed by atoms with E-state index in [9.17, 15) is 13.2 Å². The Morgan fingerprint density at radius 1 is 1.53 bits per heavy atom. The number of carbonyl (C=O) groups excluding carboxylic acids is 1. The number of amides is 1. The van der Waals surface area contributed by atoms with Crippen LogP contribution < -0.4 is 14.8 Å². The molecule has 0 spiro atoms. The Morgan fingerprint density at radius 2 is 2.26 bits per heavy atom. The molecule has 6 nitrogen and oxygen atoms in total. The first-order valence-corrected chi connectivity index (χ1v) is 7.14. The van der Waals surface area contributed by atoms with E-state index in [0.29, 0.717) is 11.4 Å². The van der Waals surface area contributed by atoms with Crippen LogP contribution in [0.4, 0.5) is 5.69 Å². The number of hydrogen-bond donors (Lipinski definition) is 2. The largest absolute Gasteiger partial charge is 0.482 e. The van der Waals surface area contributed by atoms with Gasteiger partial charge in [-0.2, -0.15) is 0 Å². The number of hydrogen-bond acceptors (Lipinski definition) is 4. The normalized spacial score (nSPS) is 14.3. The van der Waals surface area contributed by atoms with Crippen molar-refractivity contribution in [2.75, 3.05) is 18.5 Å². The summed E-state index contributed by atoms with van der Waals surface area (Å²) in [5, 5.41) is 2.72. The van der Waals surface area contributed by atoms with Crippen molar-refractivity contribution in [3.63, 3.8) is 0 Å². The Balaban J connectivity index is 2.28. The molecule has 0 atom stereocenters. The van der Waals surface area contributed by atoms with E-state index in [-0.39, 0.29) is 29.0 Å². The van der Waals surface area contributed by atoms with E-state index in [0.717, 1.165) is 0 Å². The van der Waals surface area contributed by atoms with Crippen molar-refractivity contribution in [2.45, 2.75) is 4.90 Å². The van der Waals surface area contributed by atoms with Gasteiger partial charge in [-0.05, 0) is 18.2 Å². The maximum atomic E-state index is 11.9. The molecule has 102 valence electrons. The van der Waals surface area contributed by atoms with Crippen molar-refractivity contribution in [1.82, 2.24) is 4.72 Å². The maximum absolute atomic E-state index is 11.9. The SMILES string of the molecule is C=C(Cl)CNS(=O)(=O)c1ccc2c(c1)NC(=O)CO2. The van der Waals surface area contributed by atoms with Gasteiger partial charge in [0.1, 0.15) is 5.75 Å². The zero-order chi connectivity index (χ0) is 14.0. The zero-order valence-corrected chi connectivity index (χ0v) is 11.3. The molecule has 1 aromatic carbocycles. The predicted octanol–water partition coefficient (Wildman–Crippen LogP) is 1.05. The first-order chi connectivity index (χ1) is 8.88. The van der Waals surface area contributed by atoms with Crippen LogP contribution in [0.3, 0.4) is 0 Å². The molecule has 2 rings (SSSR count). The van der Waals surface area contributed by atoms with E-state index >= 15 is 0 Å². The first kappa shape index (κ1) is 13.9. The summed E-state index contributed by atoms with van der Waals surface area (Å²) in [5.74, 6) is 0.101. The van der Waals surface area contributed by atoms with Crippen molar-refractivity contribution < 1.29 is 17.9 Å². The van der Waals surface area contributed by atoms with Gasteiger partial charge >= 0.3 is 0 Å². The predicted molar refractivity (Wildman–Crippen MR) is 70.7 cm³/mol. The van der Waals surface area contributed by atoms with E-state index in [1.165, 1.54) is 18.2 Å². The molecule has 8 heteroatoms. The molecule has 2 N–H and O–H groups in total. The van der Waals surface area contributed by atoms with Crippen LogP contribution >= 0.6 is 11.6 Å². The molecule has 0 saturated carbocycles. The van der Waals surface area contributed by atoms with Crippen molar-refractivity contribution in [3.05, 3.63) is 29.8 Å². The highest BCUT2D eigenvalue weighted by Crippen LogP contribution is 2.29. The Hall–Kier alpha value is -1.57. The van der Waals surface area contributed by atoms with Gasteiger partial charge < -0.3 is 10.1 Å². The van der Waals surface area contributed by atoms with Gasteiger partial charge in [-0.1, -0.05) is 18.2 Å². The fraction of sp³-hybridized carbons (Fsp3) is 0.182. The summed E-state index contributed by atoms with van der Waals surface area (Å²) in [7, 11) is -3.71. The third-order valence-electron chi connectivity index (χ3n) is 2.35. The van der Waals surface area contributed by atoms with Crippen molar-refractivity contribution in [2.24, 2.45) is 0 Å². The zero-order valence-electron chi connectivity index (χ0n) is 9.77. The van der Waals surface area contributed by atoms with Crippen LogP contribution in [-0.4, -0.2) is 27.5 Å². The van der Waals surface area contributed by atoms with Gasteiger partial charge in [0.15, 0.2) is 6.61 Å². The van der Waals surface area contributed by atoms with Crippen LogP contribution in [0, 0.1) is 0 Å². The molecule has 1 amide bonds. The number of anilines is 1. The number of nitrogens with one attached hydrogen (secondary N) is 2. The topological polar surface area (TPSA) is 84.5 Å². The van der Waals surface area contributed by atoms with Crippen LogP contribution in [0.25, 0.3) is 0 Å². The average Bonchev–Trinajstić information content (AvgIpc) is 2.35. The first-order valence-electron chi connectivity index (χ1n) is 5.28. The van der Waals surface area contributed by atoms with Crippen LogP contribution in [0.15, 0.2) is 34.7 Å². The van der Waals surface area contributed by atoms with Crippen molar-refractivity contribution in [3.8, 4) is 5.75 Å². The Labute approximate surface area is 115 Å². The second-order valence-corrected chi connectivity index (χ2v) is 6.14. The third-order valence-corrected chi connectivity index (χ3v) is 3.88. The molecule has 0 saturated heterocycles. The van der Waals surface area contributed by atoms with E-state index in [2.05, 4.69) is 16.6 Å². The average molecular weight is 303 g/mol. The number of ether oxygens (including phenoxy) is 1. The number of carbonyl (C=O) groups is 1. The van der Waals surface area contributed by atoms with Gasteiger partial charge in [0.2, 0.25) is 10.0 Å². The minimum Gasteiger partial charge on any atom is -0.482 e. The quantitative estimate of drug-likeness (QED) is 0.870. The summed E-state index contributed by atoms with van der Waals surface area (Å²) in [6.45, 7) is 3.25. The molecule has 19 heavy (non-hydrogen) atoms. The number of rotatable bonds is 4. The van der Waals surface area contributed by atoms with Crippen molar-refractivity contribution in [1.29, 1.82) is 0 Å². The summed E-state index contributed by atoms with van der Waals surface area (Å²) in [4.78, 5) is 11.2. The molecule has 0 radical (unpaired) electrons. The lowest BCUT2D eigenvalue weighted by atomic mass is 10.2. The Kier molecular flexibility index (Phi) is 3.79. The van der Waals surface area contributed by atoms with E-state index in [1.54, 1.807) is 0 Å². The Bertz CT molecular complexity index is 642. The second kappa shape index (κ2) is 5.20. The van der Waals surface area contributed by atoms with Crippen LogP contribution in [-0.2, 0) is 14.8 Å². The molecular formula is C11H11ClN2O4S. The summed E-state index contributed by atoms with van der Waals surface area (Å²) < 4.78 is 31.3. The maximum Gasteiger partial charge on any atom is 0.262 e. The molecule has 1 heterocycles. The summed E-state index contributed by atoms with van der Waals surface area (Å²) in [5.41, 5.74) is 0.323. The standard InChI is InChI=1S/C11H11ClN2O4S/c1-7(12)5-13-19(16,17)8-2-3-10-9(4-8)14-11(15)6-18-10/h2-4,13H,1,5-6H2,(H,14,15). The van der Waals surface area contributed by atoms with Gasteiger partial charge in [0.05, 0.1) is 10.6 Å². The van der Waals surface area contributed by atoms with Gasteiger partial charge in [-0.25, -0.2) is 13.1 Å². The number of sulfonamides is 1. The Morgan fingerprint density at radius 3 is 2.95 bits per heavy atom. The van der Waals surface area contributed by atoms with Crippen LogP contribution in [0.5, 0.6) is 5.75 Å². The molecule has 0 fully saturated rings. The molecular weight excluding hydrogens is 292 g/mol. The molecule has 0 aliphatic carbocycles. The van der Waals surface area contributed by atoms with Gasteiger partial charge in [-0.15, -0.1) is 0 Å². The summed E-state index contributed by atoms with van der Waals surface area (Å²) in [6, 6.07) is 4.19. The van der Waals surface area contributed by atoms with Gasteiger partial charge in [0, 0.05) is 11.6 Å². The molecule has 0 aromatic heterocycles. The van der Waals surface area contributed by atoms with Gasteiger partial charge in [0.25, 0.3) is 5.91 Å². The van der Waals surface area contributed by atoms with E-state index < -0.39 is 10.0 Å². The van der Waals surface area contributed by atoms with E-state index in [4.69, 9.17) is 16.3 Å². The summed E-state index contributed by atoms with van der Waals surface area (Å²) >= 11 is 5.51. The smallest absolute Gasteiger partial charge is 0.262 e. The lowest BCUT2D eigenvalue weighted by Crippen LogP contribution is -2.27. The molecule has 0 unspecified atom stereocenters. The second-order valence-electron chi connectivity index (χ2n) is 3.84. The monoisotopic (exact) mass is 302 g/mol. The molecule has 0 bridgehead atoms. The molecule has 1 aliphatic heterocycles. The van der Waals surface area contributed by atoms with Crippen LogP contribution in [0.2, 0.25) is 0 Å². The number of halogens is 1. The van der Waals surface area contributed by atoms with E-state index in [1.807, 2.05) is 0 Å². The number of fused-ring (bicyclic) bond motifs is 1. The number of benzene rings is 1. The highest BCUT2D eigenvalue weighted by Gasteiger charge is 2.20. The highest BCUT2D eigenvalue weighted by molar-refractivity contribution is 7.89. The van der Waals surface area contributed by atoms with Crippen molar-refractivity contribution >= 4 is 33.2 Å². The lowest BCUT2D eigenvalue weighted by molar-refractivity contribution is -0.118. The fourth-order valence-corrected chi connectivity index (χ4v) is 2.68. The third kappa shape index (κ3) is 3.25. The summed E-state index contributed by atoms with van der Waals surface area (Å²) in [6.07, 6.45) is 0.